The number of nitrogens with zero attached hydrogens (tertiary/aromatic N) is 3. The average Bonchev–Trinajstić information content (AvgIpc) is 2.79. The SMILES string of the molecule is CCC[C@@]1(CO)CN(c2nnc(N)s2)CC[C@H]1O. The number of rotatable bonds is 4. The van der Waals surface area contributed by atoms with Gasteiger partial charge in [-0.05, 0) is 12.8 Å². The van der Waals surface area contributed by atoms with Gasteiger partial charge in [0.1, 0.15) is 0 Å². The molecule has 1 aliphatic rings. The van der Waals surface area contributed by atoms with Gasteiger partial charge in [-0.25, -0.2) is 0 Å². The van der Waals surface area contributed by atoms with Crippen LogP contribution in [0.25, 0.3) is 0 Å². The molecule has 1 aromatic heterocycles. The van der Waals surface area contributed by atoms with Crippen molar-refractivity contribution >= 4 is 21.6 Å². The summed E-state index contributed by atoms with van der Waals surface area (Å²) in [5.41, 5.74) is 5.14. The summed E-state index contributed by atoms with van der Waals surface area (Å²) in [6.07, 6.45) is 1.92. The van der Waals surface area contributed by atoms with Crippen molar-refractivity contribution < 1.29 is 10.2 Å². The van der Waals surface area contributed by atoms with Crippen LogP contribution in [0.1, 0.15) is 26.2 Å². The standard InChI is InChI=1S/C11H20N4O2S/c1-2-4-11(7-16)6-15(5-3-8(11)17)10-14-13-9(12)18-10/h8,16-17H,2-7H2,1H3,(H2,12,13)/t8-,11+/m1/s1. The van der Waals surface area contributed by atoms with Gasteiger partial charge in [-0.15, -0.1) is 10.2 Å². The van der Waals surface area contributed by atoms with E-state index in [-0.39, 0.29) is 6.61 Å². The van der Waals surface area contributed by atoms with E-state index >= 15 is 0 Å². The number of aliphatic hydroxyl groups is 2. The fraction of sp³-hybridized carbons (Fsp3) is 0.818. The van der Waals surface area contributed by atoms with Gasteiger partial charge in [0, 0.05) is 18.5 Å². The van der Waals surface area contributed by atoms with Crippen molar-refractivity contribution in [1.29, 1.82) is 0 Å². The number of anilines is 2. The molecule has 2 atom stereocenters. The van der Waals surface area contributed by atoms with Crippen LogP contribution in [0, 0.1) is 5.41 Å². The highest BCUT2D eigenvalue weighted by atomic mass is 32.1. The van der Waals surface area contributed by atoms with Crippen LogP contribution in [-0.2, 0) is 0 Å². The van der Waals surface area contributed by atoms with Crippen molar-refractivity contribution in [2.75, 3.05) is 30.3 Å². The lowest BCUT2D eigenvalue weighted by molar-refractivity contribution is -0.0352. The van der Waals surface area contributed by atoms with Gasteiger partial charge in [0.05, 0.1) is 12.7 Å². The van der Waals surface area contributed by atoms with Crippen LogP contribution >= 0.6 is 11.3 Å². The smallest absolute Gasteiger partial charge is 0.210 e. The Balaban J connectivity index is 2.17. The van der Waals surface area contributed by atoms with Gasteiger partial charge >= 0.3 is 0 Å². The molecule has 1 aromatic rings. The number of piperidine rings is 1. The molecule has 1 saturated heterocycles. The molecule has 1 fully saturated rings. The first-order valence-corrected chi connectivity index (χ1v) is 7.06. The minimum Gasteiger partial charge on any atom is -0.396 e. The van der Waals surface area contributed by atoms with Crippen molar-refractivity contribution in [3.63, 3.8) is 0 Å². The molecular weight excluding hydrogens is 252 g/mol. The van der Waals surface area contributed by atoms with E-state index in [1.165, 1.54) is 11.3 Å². The topological polar surface area (TPSA) is 95.5 Å². The molecule has 18 heavy (non-hydrogen) atoms. The fourth-order valence-corrected chi connectivity index (χ4v) is 3.28. The number of nitrogen functional groups attached to an aromatic ring is 1. The summed E-state index contributed by atoms with van der Waals surface area (Å²) in [5, 5.41) is 28.9. The Morgan fingerprint density at radius 1 is 1.56 bits per heavy atom. The number of nitrogens with two attached hydrogens (primary N) is 1. The molecule has 7 heteroatoms. The first-order valence-electron chi connectivity index (χ1n) is 6.24. The molecule has 0 aliphatic carbocycles. The molecule has 0 bridgehead atoms. The van der Waals surface area contributed by atoms with E-state index in [1.807, 2.05) is 0 Å². The molecule has 2 heterocycles. The number of hydrogen-bond donors (Lipinski definition) is 3. The van der Waals surface area contributed by atoms with E-state index in [2.05, 4.69) is 22.0 Å². The molecule has 0 spiro atoms. The summed E-state index contributed by atoms with van der Waals surface area (Å²) in [4.78, 5) is 2.06. The van der Waals surface area contributed by atoms with E-state index in [0.717, 1.165) is 24.5 Å². The third-order valence-corrected chi connectivity index (χ3v) is 4.46. The summed E-state index contributed by atoms with van der Waals surface area (Å²) >= 11 is 1.34. The maximum absolute atomic E-state index is 10.2. The summed E-state index contributed by atoms with van der Waals surface area (Å²) < 4.78 is 0. The second-order valence-electron chi connectivity index (χ2n) is 4.92. The predicted molar refractivity (Wildman–Crippen MR) is 71.6 cm³/mol. The van der Waals surface area contributed by atoms with E-state index in [4.69, 9.17) is 5.73 Å². The van der Waals surface area contributed by atoms with Gasteiger partial charge in [0.15, 0.2) is 0 Å². The summed E-state index contributed by atoms with van der Waals surface area (Å²) in [6.45, 7) is 3.38. The molecule has 0 amide bonds. The van der Waals surface area contributed by atoms with E-state index in [1.54, 1.807) is 0 Å². The van der Waals surface area contributed by atoms with Crippen LogP contribution < -0.4 is 10.6 Å². The highest BCUT2D eigenvalue weighted by Crippen LogP contribution is 2.37. The van der Waals surface area contributed by atoms with Crippen LogP contribution in [0.2, 0.25) is 0 Å². The second kappa shape index (κ2) is 5.38. The summed E-state index contributed by atoms with van der Waals surface area (Å²) in [7, 11) is 0. The first kappa shape index (κ1) is 13.5. The third kappa shape index (κ3) is 2.43. The zero-order chi connectivity index (χ0) is 13.2. The highest BCUT2D eigenvalue weighted by Gasteiger charge is 2.42. The van der Waals surface area contributed by atoms with Crippen molar-refractivity contribution in [2.24, 2.45) is 5.41 Å². The zero-order valence-corrected chi connectivity index (χ0v) is 11.4. The van der Waals surface area contributed by atoms with Gasteiger partial charge in [-0.2, -0.15) is 0 Å². The molecule has 102 valence electrons. The van der Waals surface area contributed by atoms with Crippen LogP contribution in [0.3, 0.4) is 0 Å². The van der Waals surface area contributed by atoms with Crippen molar-refractivity contribution in [1.82, 2.24) is 10.2 Å². The van der Waals surface area contributed by atoms with Crippen molar-refractivity contribution in [3.05, 3.63) is 0 Å². The molecule has 2 rings (SSSR count). The normalized spacial score (nSPS) is 28.6. The largest absolute Gasteiger partial charge is 0.396 e. The van der Waals surface area contributed by atoms with E-state index in [0.29, 0.717) is 18.1 Å². The van der Waals surface area contributed by atoms with Crippen LogP contribution in [0.15, 0.2) is 0 Å². The van der Waals surface area contributed by atoms with Gasteiger partial charge in [-0.1, -0.05) is 24.7 Å². The van der Waals surface area contributed by atoms with Gasteiger partial charge in [-0.3, -0.25) is 0 Å². The molecular formula is C11H20N4O2S. The zero-order valence-electron chi connectivity index (χ0n) is 10.5. The Kier molecular flexibility index (Phi) is 4.04. The Bertz CT molecular complexity index is 400. The summed E-state index contributed by atoms with van der Waals surface area (Å²) in [5.74, 6) is 0. The van der Waals surface area contributed by atoms with Crippen molar-refractivity contribution in [3.8, 4) is 0 Å². The van der Waals surface area contributed by atoms with Crippen LogP contribution in [-0.4, -0.2) is 46.2 Å². The Hall–Kier alpha value is -0.920. The highest BCUT2D eigenvalue weighted by molar-refractivity contribution is 7.18. The maximum Gasteiger partial charge on any atom is 0.210 e. The fourth-order valence-electron chi connectivity index (χ4n) is 2.64. The molecule has 4 N–H and O–H groups in total. The monoisotopic (exact) mass is 272 g/mol. The number of aromatic nitrogens is 2. The predicted octanol–water partition coefficient (Wildman–Crippen LogP) is 0.470. The average molecular weight is 272 g/mol. The van der Waals surface area contributed by atoms with Gasteiger partial charge < -0.3 is 20.8 Å². The number of aliphatic hydroxyl groups excluding tert-OH is 2. The van der Waals surface area contributed by atoms with Crippen LogP contribution in [0.4, 0.5) is 10.3 Å². The van der Waals surface area contributed by atoms with Gasteiger partial charge in [0.25, 0.3) is 0 Å². The van der Waals surface area contributed by atoms with Gasteiger partial charge in [0.2, 0.25) is 10.3 Å². The number of hydrogen-bond acceptors (Lipinski definition) is 7. The lowest BCUT2D eigenvalue weighted by atomic mass is 9.75. The minimum absolute atomic E-state index is 0.00715. The molecule has 6 nitrogen and oxygen atoms in total. The van der Waals surface area contributed by atoms with Crippen molar-refractivity contribution in [2.45, 2.75) is 32.3 Å². The quantitative estimate of drug-likeness (QED) is 0.737. The van der Waals surface area contributed by atoms with Crippen LogP contribution in [0.5, 0.6) is 0 Å². The Morgan fingerprint density at radius 3 is 2.89 bits per heavy atom. The van der Waals surface area contributed by atoms with E-state index < -0.39 is 11.5 Å². The lowest BCUT2D eigenvalue weighted by Gasteiger charge is -2.45. The minimum atomic E-state index is -0.455. The van der Waals surface area contributed by atoms with E-state index in [9.17, 15) is 10.2 Å². The lowest BCUT2D eigenvalue weighted by Crippen LogP contribution is -2.53. The molecule has 0 unspecified atom stereocenters. The second-order valence-corrected chi connectivity index (χ2v) is 5.91. The molecule has 0 radical (unpaired) electrons. The summed E-state index contributed by atoms with van der Waals surface area (Å²) in [6, 6.07) is 0. The maximum atomic E-state index is 10.2. The third-order valence-electron chi connectivity index (χ3n) is 3.65. The molecule has 0 saturated carbocycles. The molecule has 0 aromatic carbocycles. The first-order chi connectivity index (χ1) is 8.61. The Morgan fingerprint density at radius 2 is 2.33 bits per heavy atom. The molecule has 1 aliphatic heterocycles. The Labute approximate surface area is 110 Å².